The van der Waals surface area contributed by atoms with E-state index in [0.29, 0.717) is 0 Å². The Balaban J connectivity index is 2.32. The minimum absolute atomic E-state index is 0.0479. The van der Waals surface area contributed by atoms with Gasteiger partial charge in [0.25, 0.3) is 5.91 Å². The molecule has 96 valence electrons. The number of carbonyl (C=O) groups excluding carboxylic acids is 2. The van der Waals surface area contributed by atoms with Crippen molar-refractivity contribution in [1.29, 1.82) is 0 Å². The molecule has 1 heterocycles. The molecule has 1 aromatic rings. The molecule has 1 atom stereocenters. The van der Waals surface area contributed by atoms with Gasteiger partial charge in [0.2, 0.25) is 5.91 Å². The number of nitrogens with zero attached hydrogens (tertiary/aromatic N) is 1. The molecule has 1 unspecified atom stereocenters. The zero-order valence-electron chi connectivity index (χ0n) is 10.9. The van der Waals surface area contributed by atoms with Crippen LogP contribution in [-0.2, 0) is 9.59 Å². The maximum Gasteiger partial charge on any atom is 0.250 e. The molecule has 1 N–H and O–H groups in total. The van der Waals surface area contributed by atoms with Crippen LogP contribution in [0.5, 0.6) is 0 Å². The molecule has 0 aromatic heterocycles. The van der Waals surface area contributed by atoms with E-state index in [-0.39, 0.29) is 23.9 Å². The van der Waals surface area contributed by atoms with E-state index >= 15 is 0 Å². The van der Waals surface area contributed by atoms with E-state index in [0.717, 1.165) is 5.56 Å². The minimum Gasteiger partial charge on any atom is -0.339 e. The van der Waals surface area contributed by atoms with Crippen LogP contribution in [0.2, 0.25) is 0 Å². The third-order valence-electron chi connectivity index (χ3n) is 3.06. The van der Waals surface area contributed by atoms with Crippen LogP contribution >= 0.6 is 0 Å². The molecular formula is C14H18N2O2. The first-order valence-electron chi connectivity index (χ1n) is 6.05. The fraction of sp³-hybridized carbons (Fsp3) is 0.429. The second-order valence-corrected chi connectivity index (χ2v) is 5.51. The van der Waals surface area contributed by atoms with Gasteiger partial charge in [-0.25, -0.2) is 0 Å². The molecule has 1 fully saturated rings. The van der Waals surface area contributed by atoms with Gasteiger partial charge in [-0.15, -0.1) is 0 Å². The smallest absolute Gasteiger partial charge is 0.250 e. The van der Waals surface area contributed by atoms with Crippen molar-refractivity contribution in [1.82, 2.24) is 10.2 Å². The summed E-state index contributed by atoms with van der Waals surface area (Å²) in [5.74, 6) is -0.160. The lowest BCUT2D eigenvalue weighted by atomic mass is 9.98. The minimum atomic E-state index is -0.563. The van der Waals surface area contributed by atoms with E-state index in [9.17, 15) is 9.59 Å². The van der Waals surface area contributed by atoms with Gasteiger partial charge in [-0.05, 0) is 26.3 Å². The summed E-state index contributed by atoms with van der Waals surface area (Å²) in [7, 11) is 0. The average Bonchev–Trinajstić information content (AvgIpc) is 2.31. The molecule has 0 aliphatic carbocycles. The molecule has 4 heteroatoms. The molecule has 0 radical (unpaired) electrons. The Morgan fingerprint density at radius 2 is 1.78 bits per heavy atom. The quantitative estimate of drug-likeness (QED) is 0.816. The summed E-state index contributed by atoms with van der Waals surface area (Å²) in [6.45, 7) is 5.94. The Morgan fingerprint density at radius 3 is 2.33 bits per heavy atom. The molecule has 0 spiro atoms. The Hall–Kier alpha value is -1.84. The second-order valence-electron chi connectivity index (χ2n) is 5.51. The monoisotopic (exact) mass is 246 g/mol. The standard InChI is InChI=1S/C14H18N2O2/c1-14(2,3)16-9-11(17)15-12(13(16)18)10-7-5-4-6-8-10/h4-8,12H,9H2,1-3H3,(H,15,17). The fourth-order valence-corrected chi connectivity index (χ4v) is 2.08. The van der Waals surface area contributed by atoms with Gasteiger partial charge in [0.15, 0.2) is 0 Å². The lowest BCUT2D eigenvalue weighted by molar-refractivity contribution is -0.149. The first-order chi connectivity index (χ1) is 8.39. The van der Waals surface area contributed by atoms with Crippen LogP contribution in [0.3, 0.4) is 0 Å². The third-order valence-corrected chi connectivity index (χ3v) is 3.06. The van der Waals surface area contributed by atoms with Crippen LogP contribution < -0.4 is 5.32 Å². The summed E-state index contributed by atoms with van der Waals surface area (Å²) < 4.78 is 0. The molecule has 4 nitrogen and oxygen atoms in total. The van der Waals surface area contributed by atoms with Gasteiger partial charge in [0, 0.05) is 5.54 Å². The largest absolute Gasteiger partial charge is 0.339 e. The summed E-state index contributed by atoms with van der Waals surface area (Å²) in [4.78, 5) is 25.8. The van der Waals surface area contributed by atoms with Gasteiger partial charge < -0.3 is 10.2 Å². The van der Waals surface area contributed by atoms with Gasteiger partial charge in [-0.1, -0.05) is 30.3 Å². The van der Waals surface area contributed by atoms with E-state index < -0.39 is 6.04 Å². The van der Waals surface area contributed by atoms with E-state index in [2.05, 4.69) is 5.32 Å². The van der Waals surface area contributed by atoms with Crippen LogP contribution in [0.25, 0.3) is 0 Å². The van der Waals surface area contributed by atoms with Gasteiger partial charge >= 0.3 is 0 Å². The molecule has 18 heavy (non-hydrogen) atoms. The second kappa shape index (κ2) is 4.44. The first-order valence-corrected chi connectivity index (χ1v) is 6.05. The molecule has 1 aromatic carbocycles. The van der Waals surface area contributed by atoms with E-state index in [4.69, 9.17) is 0 Å². The number of rotatable bonds is 1. The zero-order valence-corrected chi connectivity index (χ0v) is 10.9. The summed E-state index contributed by atoms with van der Waals surface area (Å²) in [6, 6.07) is 8.77. The fourth-order valence-electron chi connectivity index (χ4n) is 2.08. The maximum absolute atomic E-state index is 12.4. The van der Waals surface area contributed by atoms with Crippen molar-refractivity contribution in [2.75, 3.05) is 6.54 Å². The zero-order chi connectivity index (χ0) is 13.3. The van der Waals surface area contributed by atoms with E-state index in [1.54, 1.807) is 4.90 Å². The Kier molecular flexibility index (Phi) is 3.11. The number of amides is 2. The Morgan fingerprint density at radius 1 is 1.17 bits per heavy atom. The van der Waals surface area contributed by atoms with Crippen LogP contribution in [0.4, 0.5) is 0 Å². The molecule has 2 amide bonds. The summed E-state index contributed by atoms with van der Waals surface area (Å²) in [5.41, 5.74) is 0.479. The van der Waals surface area contributed by atoms with Crippen molar-refractivity contribution < 1.29 is 9.59 Å². The lowest BCUT2D eigenvalue weighted by Gasteiger charge is -2.41. The highest BCUT2D eigenvalue weighted by Gasteiger charge is 2.38. The van der Waals surface area contributed by atoms with Gasteiger partial charge in [-0.2, -0.15) is 0 Å². The van der Waals surface area contributed by atoms with Crippen molar-refractivity contribution in [3.8, 4) is 0 Å². The number of benzene rings is 1. The van der Waals surface area contributed by atoms with Crippen LogP contribution in [-0.4, -0.2) is 28.8 Å². The predicted octanol–water partition coefficient (Wildman–Crippen LogP) is 1.48. The SMILES string of the molecule is CC(C)(C)N1CC(=O)NC(c2ccccc2)C1=O. The maximum atomic E-state index is 12.4. The average molecular weight is 246 g/mol. The number of hydrogen-bond acceptors (Lipinski definition) is 2. The molecule has 0 saturated carbocycles. The van der Waals surface area contributed by atoms with Gasteiger partial charge in [0.05, 0.1) is 0 Å². The normalized spacial score (nSPS) is 20.8. The lowest BCUT2D eigenvalue weighted by Crippen LogP contribution is -2.59. The van der Waals surface area contributed by atoms with E-state index in [1.807, 2.05) is 51.1 Å². The number of carbonyl (C=O) groups is 2. The molecule has 1 aliphatic rings. The van der Waals surface area contributed by atoms with Crippen molar-refractivity contribution in [3.63, 3.8) is 0 Å². The van der Waals surface area contributed by atoms with Crippen molar-refractivity contribution in [2.24, 2.45) is 0 Å². The number of piperazine rings is 1. The molecule has 0 bridgehead atoms. The third kappa shape index (κ3) is 2.37. The van der Waals surface area contributed by atoms with Crippen LogP contribution in [0, 0.1) is 0 Å². The molecule has 1 saturated heterocycles. The van der Waals surface area contributed by atoms with Crippen molar-refractivity contribution >= 4 is 11.8 Å². The molecular weight excluding hydrogens is 228 g/mol. The predicted molar refractivity (Wildman–Crippen MR) is 68.8 cm³/mol. The Labute approximate surface area is 107 Å². The molecule has 2 rings (SSSR count). The number of nitrogens with one attached hydrogen (secondary N) is 1. The van der Waals surface area contributed by atoms with E-state index in [1.165, 1.54) is 0 Å². The van der Waals surface area contributed by atoms with Gasteiger partial charge in [-0.3, -0.25) is 9.59 Å². The molecule has 1 aliphatic heterocycles. The number of hydrogen-bond donors (Lipinski definition) is 1. The summed E-state index contributed by atoms with van der Waals surface area (Å²) in [6.07, 6.45) is 0. The highest BCUT2D eigenvalue weighted by Crippen LogP contribution is 2.24. The highest BCUT2D eigenvalue weighted by molar-refractivity contribution is 5.95. The van der Waals surface area contributed by atoms with Gasteiger partial charge in [0.1, 0.15) is 12.6 Å². The van der Waals surface area contributed by atoms with Crippen molar-refractivity contribution in [3.05, 3.63) is 35.9 Å². The first kappa shape index (κ1) is 12.6. The summed E-state index contributed by atoms with van der Waals surface area (Å²) in [5, 5.41) is 2.75. The van der Waals surface area contributed by atoms with Crippen LogP contribution in [0.1, 0.15) is 32.4 Å². The topological polar surface area (TPSA) is 49.4 Å². The van der Waals surface area contributed by atoms with Crippen molar-refractivity contribution in [2.45, 2.75) is 32.4 Å². The highest BCUT2D eigenvalue weighted by atomic mass is 16.2. The van der Waals surface area contributed by atoms with Crippen LogP contribution in [0.15, 0.2) is 30.3 Å². The summed E-state index contributed by atoms with van der Waals surface area (Å²) >= 11 is 0. The Bertz CT molecular complexity index is 462.